The molecule has 4 heteroatoms. The van der Waals surface area contributed by atoms with E-state index in [0.29, 0.717) is 6.04 Å². The molecule has 2 heterocycles. The number of nitrogens with zero attached hydrogens (tertiary/aromatic N) is 3. The minimum atomic E-state index is 0.426. The normalized spacial score (nSPS) is 16.5. The highest BCUT2D eigenvalue weighted by Gasteiger charge is 2.19. The number of pyridine rings is 1. The Balaban J connectivity index is 1.94. The zero-order valence-corrected chi connectivity index (χ0v) is 13.8. The van der Waals surface area contributed by atoms with Gasteiger partial charge in [-0.15, -0.1) is 0 Å². The maximum Gasteiger partial charge on any atom is 0.136 e. The molecule has 0 unspecified atom stereocenters. The monoisotopic (exact) mass is 298 g/mol. The molecular formula is C18H26N4. The molecule has 1 aromatic carbocycles. The van der Waals surface area contributed by atoms with Gasteiger partial charge < -0.3 is 15.1 Å². The lowest BCUT2D eigenvalue weighted by molar-refractivity contribution is 0.271. The Labute approximate surface area is 133 Å². The predicted molar refractivity (Wildman–Crippen MR) is 94.8 cm³/mol. The quantitative estimate of drug-likeness (QED) is 0.939. The molecule has 1 aromatic heterocycles. The van der Waals surface area contributed by atoms with Crippen LogP contribution in [-0.4, -0.2) is 48.6 Å². The zero-order valence-electron chi connectivity index (χ0n) is 13.8. The van der Waals surface area contributed by atoms with Crippen LogP contribution in [0, 0.1) is 0 Å². The second-order valence-corrected chi connectivity index (χ2v) is 6.26. The van der Waals surface area contributed by atoms with Gasteiger partial charge in [0.25, 0.3) is 0 Å². The molecule has 0 aliphatic carbocycles. The third kappa shape index (κ3) is 3.02. The number of anilines is 2. The van der Waals surface area contributed by atoms with E-state index in [1.807, 2.05) is 6.20 Å². The molecular weight excluding hydrogens is 272 g/mol. The van der Waals surface area contributed by atoms with Crippen molar-refractivity contribution >= 4 is 22.3 Å². The molecule has 4 nitrogen and oxygen atoms in total. The van der Waals surface area contributed by atoms with Crippen LogP contribution in [0.3, 0.4) is 0 Å². The van der Waals surface area contributed by atoms with Gasteiger partial charge in [-0.25, -0.2) is 4.98 Å². The summed E-state index contributed by atoms with van der Waals surface area (Å²) in [5, 5.41) is 6.05. The minimum Gasteiger partial charge on any atom is -0.382 e. The summed E-state index contributed by atoms with van der Waals surface area (Å²) in [6.45, 7) is 12.1. The molecule has 1 aliphatic rings. The molecule has 0 saturated carbocycles. The molecule has 1 N–H and O–H groups in total. The summed E-state index contributed by atoms with van der Waals surface area (Å²) in [7, 11) is 0. The van der Waals surface area contributed by atoms with Crippen molar-refractivity contribution in [3.63, 3.8) is 0 Å². The van der Waals surface area contributed by atoms with E-state index in [0.717, 1.165) is 38.5 Å². The molecule has 1 saturated heterocycles. The van der Waals surface area contributed by atoms with Crippen LogP contribution in [0.4, 0.5) is 11.5 Å². The maximum absolute atomic E-state index is 4.68. The minimum absolute atomic E-state index is 0.426. The molecule has 0 amide bonds. The molecule has 1 fully saturated rings. The van der Waals surface area contributed by atoms with E-state index in [1.165, 1.54) is 16.5 Å². The first-order valence-electron chi connectivity index (χ1n) is 8.30. The van der Waals surface area contributed by atoms with Gasteiger partial charge in [0.2, 0.25) is 0 Å². The smallest absolute Gasteiger partial charge is 0.136 e. The summed E-state index contributed by atoms with van der Waals surface area (Å²) in [5.74, 6) is 1.13. The lowest BCUT2D eigenvalue weighted by Crippen LogP contribution is -2.46. The highest BCUT2D eigenvalue weighted by Crippen LogP contribution is 2.30. The van der Waals surface area contributed by atoms with Gasteiger partial charge in [0, 0.05) is 54.9 Å². The lowest BCUT2D eigenvalue weighted by Gasteiger charge is -2.35. The molecule has 0 radical (unpaired) electrons. The highest BCUT2D eigenvalue weighted by atomic mass is 15.3. The first-order valence-corrected chi connectivity index (χ1v) is 8.30. The van der Waals surface area contributed by atoms with E-state index in [4.69, 9.17) is 0 Å². The Morgan fingerprint density at radius 2 is 1.86 bits per heavy atom. The van der Waals surface area contributed by atoms with E-state index in [9.17, 15) is 0 Å². The summed E-state index contributed by atoms with van der Waals surface area (Å²) >= 11 is 0. The molecule has 118 valence electrons. The Morgan fingerprint density at radius 1 is 1.09 bits per heavy atom. The molecule has 0 atom stereocenters. The fraction of sp³-hybridized carbons (Fsp3) is 0.500. The average Bonchev–Trinajstić information content (AvgIpc) is 2.54. The second kappa shape index (κ2) is 6.53. The number of hydrogen-bond donors (Lipinski definition) is 1. The number of likely N-dealkylation sites (N-methyl/N-ethyl adjacent to an activating group) is 1. The first kappa shape index (κ1) is 15.1. The Bertz CT molecular complexity index is 630. The SMILES string of the molecule is CCN1CCN(c2nccc3c(NC(C)C)cccc23)CC1. The van der Waals surface area contributed by atoms with Crippen LogP contribution in [0.25, 0.3) is 10.8 Å². The number of benzene rings is 1. The van der Waals surface area contributed by atoms with E-state index in [2.05, 4.69) is 65.1 Å². The summed E-state index contributed by atoms with van der Waals surface area (Å²) in [6.07, 6.45) is 1.94. The molecule has 1 aliphatic heterocycles. The third-order valence-electron chi connectivity index (χ3n) is 4.35. The number of aromatic nitrogens is 1. The largest absolute Gasteiger partial charge is 0.382 e. The Morgan fingerprint density at radius 3 is 2.55 bits per heavy atom. The van der Waals surface area contributed by atoms with Gasteiger partial charge in [-0.05, 0) is 32.5 Å². The fourth-order valence-electron chi connectivity index (χ4n) is 3.16. The van der Waals surface area contributed by atoms with E-state index >= 15 is 0 Å². The second-order valence-electron chi connectivity index (χ2n) is 6.26. The molecule has 22 heavy (non-hydrogen) atoms. The predicted octanol–water partition coefficient (Wildman–Crippen LogP) is 3.20. The van der Waals surface area contributed by atoms with Crippen molar-refractivity contribution in [2.45, 2.75) is 26.8 Å². The molecule has 2 aromatic rings. The summed E-state index contributed by atoms with van der Waals surface area (Å²) in [6, 6.07) is 9.01. The van der Waals surface area contributed by atoms with Gasteiger partial charge in [0.15, 0.2) is 0 Å². The number of fused-ring (bicyclic) bond motifs is 1. The van der Waals surface area contributed by atoms with Crippen LogP contribution in [0.1, 0.15) is 20.8 Å². The Kier molecular flexibility index (Phi) is 4.48. The van der Waals surface area contributed by atoms with E-state index < -0.39 is 0 Å². The van der Waals surface area contributed by atoms with Crippen LogP contribution < -0.4 is 10.2 Å². The third-order valence-corrected chi connectivity index (χ3v) is 4.35. The van der Waals surface area contributed by atoms with Gasteiger partial charge in [0.1, 0.15) is 5.82 Å². The van der Waals surface area contributed by atoms with Crippen molar-refractivity contribution in [2.75, 3.05) is 42.9 Å². The average molecular weight is 298 g/mol. The van der Waals surface area contributed by atoms with Gasteiger partial charge >= 0.3 is 0 Å². The summed E-state index contributed by atoms with van der Waals surface area (Å²) < 4.78 is 0. The van der Waals surface area contributed by atoms with Crippen molar-refractivity contribution in [3.05, 3.63) is 30.5 Å². The van der Waals surface area contributed by atoms with Crippen LogP contribution in [0.2, 0.25) is 0 Å². The van der Waals surface area contributed by atoms with Gasteiger partial charge in [-0.3, -0.25) is 0 Å². The summed E-state index contributed by atoms with van der Waals surface area (Å²) in [4.78, 5) is 9.60. The van der Waals surface area contributed by atoms with Crippen molar-refractivity contribution < 1.29 is 0 Å². The number of rotatable bonds is 4. The van der Waals surface area contributed by atoms with Crippen LogP contribution in [0.5, 0.6) is 0 Å². The van der Waals surface area contributed by atoms with Gasteiger partial charge in [0.05, 0.1) is 0 Å². The maximum atomic E-state index is 4.68. The van der Waals surface area contributed by atoms with Crippen LogP contribution >= 0.6 is 0 Å². The number of nitrogens with one attached hydrogen (secondary N) is 1. The van der Waals surface area contributed by atoms with E-state index in [1.54, 1.807) is 0 Å². The highest BCUT2D eigenvalue weighted by molar-refractivity contribution is 6.00. The molecule has 3 rings (SSSR count). The first-order chi connectivity index (χ1) is 10.7. The van der Waals surface area contributed by atoms with Crippen molar-refractivity contribution in [1.29, 1.82) is 0 Å². The van der Waals surface area contributed by atoms with E-state index in [-0.39, 0.29) is 0 Å². The van der Waals surface area contributed by atoms with Gasteiger partial charge in [-0.2, -0.15) is 0 Å². The van der Waals surface area contributed by atoms with Crippen LogP contribution in [0.15, 0.2) is 30.5 Å². The van der Waals surface area contributed by atoms with Crippen LogP contribution in [-0.2, 0) is 0 Å². The topological polar surface area (TPSA) is 31.4 Å². The summed E-state index contributed by atoms with van der Waals surface area (Å²) in [5.41, 5.74) is 1.20. The molecule has 0 bridgehead atoms. The molecule has 0 spiro atoms. The zero-order chi connectivity index (χ0) is 15.5. The Hall–Kier alpha value is -1.81. The van der Waals surface area contributed by atoms with Crippen molar-refractivity contribution in [2.24, 2.45) is 0 Å². The number of piperazine rings is 1. The van der Waals surface area contributed by atoms with Crippen molar-refractivity contribution in [1.82, 2.24) is 9.88 Å². The standard InChI is InChI=1S/C18H26N4/c1-4-21-10-12-22(13-11-21)18-16-6-5-7-17(20-14(2)3)15(16)8-9-19-18/h5-9,14,20H,4,10-13H2,1-3H3. The lowest BCUT2D eigenvalue weighted by atomic mass is 10.1. The van der Waals surface area contributed by atoms with Gasteiger partial charge in [-0.1, -0.05) is 19.1 Å². The van der Waals surface area contributed by atoms with Crippen molar-refractivity contribution in [3.8, 4) is 0 Å². The number of hydrogen-bond acceptors (Lipinski definition) is 4. The fourth-order valence-corrected chi connectivity index (χ4v) is 3.16.